The van der Waals surface area contributed by atoms with Crippen LogP contribution in [0.15, 0.2) is 11.6 Å². The Bertz CT molecular complexity index is 387. The Morgan fingerprint density at radius 1 is 1.61 bits per heavy atom. The van der Waals surface area contributed by atoms with Crippen molar-refractivity contribution in [3.8, 4) is 0 Å². The number of hydrogen-bond acceptors (Lipinski definition) is 5. The molecule has 0 aromatic heterocycles. The topological polar surface area (TPSA) is 114 Å². The predicted octanol–water partition coefficient (Wildman–Crippen LogP) is -0.431. The van der Waals surface area contributed by atoms with Gasteiger partial charge in [0.2, 0.25) is 5.91 Å². The van der Waals surface area contributed by atoms with Crippen LogP contribution in [0.4, 0.5) is 0 Å². The highest BCUT2D eigenvalue weighted by atomic mass is 32.2. The van der Waals surface area contributed by atoms with Crippen molar-refractivity contribution in [3.63, 3.8) is 0 Å². The van der Waals surface area contributed by atoms with Gasteiger partial charge in [0, 0.05) is 17.7 Å². The molecular weight excluding hydrogens is 258 g/mol. The summed E-state index contributed by atoms with van der Waals surface area (Å²) in [5, 5.41) is 19.7. The molecule has 0 aromatic carbocycles. The third-order valence-electron chi connectivity index (χ3n) is 2.30. The Balaban J connectivity index is 0.000000341. The number of aliphatic hydroxyl groups excluding tert-OH is 1. The number of aliphatic carboxylic acids is 1. The van der Waals surface area contributed by atoms with Gasteiger partial charge in [0.05, 0.1) is 17.9 Å². The van der Waals surface area contributed by atoms with Gasteiger partial charge in [0.15, 0.2) is 5.78 Å². The van der Waals surface area contributed by atoms with Crippen LogP contribution in [0.3, 0.4) is 0 Å². The third kappa shape index (κ3) is 5.33. The number of aliphatic hydroxyl groups is 1. The molecule has 7 heteroatoms. The lowest BCUT2D eigenvalue weighted by Gasteiger charge is -2.05. The molecule has 2 atom stereocenters. The zero-order valence-electron chi connectivity index (χ0n) is 9.88. The van der Waals surface area contributed by atoms with E-state index in [9.17, 15) is 14.4 Å². The van der Waals surface area contributed by atoms with Gasteiger partial charge >= 0.3 is 5.97 Å². The molecule has 1 amide bonds. The first-order chi connectivity index (χ1) is 8.40. The highest BCUT2D eigenvalue weighted by Crippen LogP contribution is 2.21. The number of ketones is 1. The van der Waals surface area contributed by atoms with Crippen LogP contribution in [0.2, 0.25) is 0 Å². The standard InChI is InChI=1S/C9H12O4S.C2H3NO/c1-5(9(12)13)14-4-6-2-7(10)3-8(6)11;4-2-1-3-2/h2,5,7,10H,3-4H2,1H3,(H,12,13);1H2,(H,3,4). The molecule has 100 valence electrons. The highest BCUT2D eigenvalue weighted by Gasteiger charge is 2.23. The van der Waals surface area contributed by atoms with Crippen LogP contribution < -0.4 is 5.32 Å². The molecule has 2 aliphatic rings. The molecule has 0 saturated carbocycles. The minimum absolute atomic E-state index is 0.0809. The summed E-state index contributed by atoms with van der Waals surface area (Å²) in [4.78, 5) is 31.1. The van der Waals surface area contributed by atoms with E-state index in [1.807, 2.05) is 0 Å². The molecule has 1 aliphatic carbocycles. The third-order valence-corrected chi connectivity index (χ3v) is 3.48. The maximum Gasteiger partial charge on any atom is 0.316 e. The van der Waals surface area contributed by atoms with Crippen molar-refractivity contribution in [2.75, 3.05) is 12.3 Å². The number of rotatable bonds is 4. The quantitative estimate of drug-likeness (QED) is 0.599. The fraction of sp³-hybridized carbons (Fsp3) is 0.545. The van der Waals surface area contributed by atoms with E-state index in [1.165, 1.54) is 17.8 Å². The summed E-state index contributed by atoms with van der Waals surface area (Å²) in [7, 11) is 0. The number of Topliss-reactive ketones (excluding diaryl/α,β-unsaturated/α-hetero) is 1. The summed E-state index contributed by atoms with van der Waals surface area (Å²) in [6, 6.07) is 0. The molecule has 3 N–H and O–H groups in total. The largest absolute Gasteiger partial charge is 0.480 e. The molecule has 18 heavy (non-hydrogen) atoms. The summed E-state index contributed by atoms with van der Waals surface area (Å²) >= 11 is 1.19. The summed E-state index contributed by atoms with van der Waals surface area (Å²) in [5.41, 5.74) is 0.538. The molecule has 0 aromatic rings. The normalized spacial score (nSPS) is 22.6. The van der Waals surface area contributed by atoms with Crippen molar-refractivity contribution in [1.82, 2.24) is 5.32 Å². The van der Waals surface area contributed by atoms with Gasteiger partial charge in [0.25, 0.3) is 0 Å². The molecule has 1 fully saturated rings. The number of carboxylic acid groups (broad SMARTS) is 1. The van der Waals surface area contributed by atoms with Crippen LogP contribution in [0.5, 0.6) is 0 Å². The van der Waals surface area contributed by atoms with E-state index in [1.54, 1.807) is 6.92 Å². The van der Waals surface area contributed by atoms with Gasteiger partial charge in [0.1, 0.15) is 0 Å². The Labute approximate surface area is 108 Å². The first-order valence-corrected chi connectivity index (χ1v) is 6.48. The zero-order chi connectivity index (χ0) is 13.7. The summed E-state index contributed by atoms with van der Waals surface area (Å²) in [6.45, 7) is 2.17. The van der Waals surface area contributed by atoms with Crippen LogP contribution in [0.1, 0.15) is 13.3 Å². The molecule has 0 radical (unpaired) electrons. The summed E-state index contributed by atoms with van der Waals surface area (Å²) in [5.74, 6) is -0.437. The van der Waals surface area contributed by atoms with Gasteiger partial charge in [-0.25, -0.2) is 0 Å². The fourth-order valence-corrected chi connectivity index (χ4v) is 1.99. The second-order valence-corrected chi connectivity index (χ2v) is 5.28. The van der Waals surface area contributed by atoms with E-state index in [0.29, 0.717) is 17.9 Å². The SMILES string of the molecule is CC(SCC1=CC(O)CC1=O)C(=O)O.O=C1CN1. The van der Waals surface area contributed by atoms with Crippen LogP contribution in [-0.2, 0) is 14.4 Å². The number of carboxylic acids is 1. The predicted molar refractivity (Wildman–Crippen MR) is 66.3 cm³/mol. The van der Waals surface area contributed by atoms with Gasteiger partial charge in [-0.3, -0.25) is 14.4 Å². The average Bonchev–Trinajstić information content (AvgIpc) is 2.99. The molecule has 1 heterocycles. The number of nitrogens with one attached hydrogen (secondary N) is 1. The Morgan fingerprint density at radius 3 is 2.50 bits per heavy atom. The molecule has 2 unspecified atom stereocenters. The van der Waals surface area contributed by atoms with Crippen LogP contribution >= 0.6 is 11.8 Å². The molecule has 0 bridgehead atoms. The minimum atomic E-state index is -0.887. The van der Waals surface area contributed by atoms with Crippen molar-refractivity contribution in [2.24, 2.45) is 0 Å². The van der Waals surface area contributed by atoms with E-state index in [-0.39, 0.29) is 18.1 Å². The van der Waals surface area contributed by atoms with E-state index < -0.39 is 17.3 Å². The number of amides is 1. The van der Waals surface area contributed by atoms with Crippen LogP contribution in [-0.4, -0.2) is 51.5 Å². The Hall–Kier alpha value is -1.34. The van der Waals surface area contributed by atoms with Crippen LogP contribution in [0, 0.1) is 0 Å². The molecule has 2 rings (SSSR count). The first kappa shape index (κ1) is 14.7. The maximum absolute atomic E-state index is 11.2. The maximum atomic E-state index is 11.2. The van der Waals surface area contributed by atoms with Gasteiger partial charge in [-0.2, -0.15) is 0 Å². The number of carbonyl (C=O) groups is 3. The Morgan fingerprint density at radius 2 is 2.17 bits per heavy atom. The summed E-state index contributed by atoms with van der Waals surface area (Å²) < 4.78 is 0. The van der Waals surface area contributed by atoms with Crippen molar-refractivity contribution < 1.29 is 24.6 Å². The van der Waals surface area contributed by atoms with Crippen molar-refractivity contribution in [2.45, 2.75) is 24.7 Å². The monoisotopic (exact) mass is 273 g/mol. The average molecular weight is 273 g/mol. The van der Waals surface area contributed by atoms with Crippen molar-refractivity contribution >= 4 is 29.4 Å². The number of thioether (sulfide) groups is 1. The second kappa shape index (κ2) is 6.55. The smallest absolute Gasteiger partial charge is 0.316 e. The van der Waals surface area contributed by atoms with E-state index in [4.69, 9.17) is 10.2 Å². The first-order valence-electron chi connectivity index (χ1n) is 5.43. The lowest BCUT2D eigenvalue weighted by molar-refractivity contribution is -0.136. The molecular formula is C11H15NO5S. The number of hydrogen-bond donors (Lipinski definition) is 3. The Kier molecular flexibility index (Phi) is 5.36. The van der Waals surface area contributed by atoms with Gasteiger partial charge in [-0.05, 0) is 13.0 Å². The van der Waals surface area contributed by atoms with Crippen LogP contribution in [0.25, 0.3) is 0 Å². The summed E-state index contributed by atoms with van der Waals surface area (Å²) in [6.07, 6.45) is 0.958. The van der Waals surface area contributed by atoms with Gasteiger partial charge < -0.3 is 15.5 Å². The lowest BCUT2D eigenvalue weighted by Crippen LogP contribution is -2.13. The van der Waals surface area contributed by atoms with Crippen molar-refractivity contribution in [3.05, 3.63) is 11.6 Å². The lowest BCUT2D eigenvalue weighted by atomic mass is 10.2. The molecule has 1 aliphatic heterocycles. The minimum Gasteiger partial charge on any atom is -0.480 e. The molecule has 6 nitrogen and oxygen atoms in total. The van der Waals surface area contributed by atoms with Crippen molar-refractivity contribution in [1.29, 1.82) is 0 Å². The van der Waals surface area contributed by atoms with E-state index in [2.05, 4.69) is 5.32 Å². The van der Waals surface area contributed by atoms with E-state index >= 15 is 0 Å². The van der Waals surface area contributed by atoms with Gasteiger partial charge in [-0.1, -0.05) is 0 Å². The fourth-order valence-electron chi connectivity index (χ4n) is 1.16. The zero-order valence-corrected chi connectivity index (χ0v) is 10.7. The molecule has 1 saturated heterocycles. The second-order valence-electron chi connectivity index (χ2n) is 3.95. The highest BCUT2D eigenvalue weighted by molar-refractivity contribution is 8.00. The van der Waals surface area contributed by atoms with E-state index in [0.717, 1.165) is 0 Å². The number of carbonyl (C=O) groups excluding carboxylic acids is 2. The van der Waals surface area contributed by atoms with Gasteiger partial charge in [-0.15, -0.1) is 11.8 Å². The molecule has 0 spiro atoms.